The fraction of sp³-hybridized carbons (Fsp3) is 1.00. The Morgan fingerprint density at radius 2 is 2.00 bits per heavy atom. The van der Waals surface area contributed by atoms with Gasteiger partial charge in [-0.25, -0.2) is 0 Å². The third kappa shape index (κ3) is 5.40. The van der Waals surface area contributed by atoms with E-state index < -0.39 is 0 Å². The third-order valence-electron chi connectivity index (χ3n) is 0.394. The predicted octanol–water partition coefficient (Wildman–Crippen LogP) is 0.987. The van der Waals surface area contributed by atoms with Crippen molar-refractivity contribution >= 4 is 0 Å². The molecule has 0 amide bonds. The van der Waals surface area contributed by atoms with Crippen LogP contribution in [-0.4, -0.2) is 18.0 Å². The van der Waals surface area contributed by atoms with Crippen LogP contribution in [-0.2, 0) is 0 Å². The summed E-state index contributed by atoms with van der Waals surface area (Å²) in [5, 5.41) is 13.6. The van der Waals surface area contributed by atoms with Crippen molar-refractivity contribution in [1.82, 2.24) is 0 Å². The van der Waals surface area contributed by atoms with Crippen molar-refractivity contribution in [2.24, 2.45) is 5.11 Å². The molecule has 0 aromatic heterocycles. The SMILES string of the molecule is CC(C)N=[N+](C)[O-]. The lowest BCUT2D eigenvalue weighted by Gasteiger charge is -1.92. The molecule has 0 aliphatic rings. The lowest BCUT2D eigenvalue weighted by atomic mass is 10.4. The Balaban J connectivity index is 3.45. The molecule has 0 bridgehead atoms. The topological polar surface area (TPSA) is 38.4 Å². The van der Waals surface area contributed by atoms with Crippen molar-refractivity contribution in [1.29, 1.82) is 0 Å². The molecule has 7 heavy (non-hydrogen) atoms. The largest absolute Gasteiger partial charge is 0.600 e. The van der Waals surface area contributed by atoms with Crippen molar-refractivity contribution in [3.05, 3.63) is 5.21 Å². The molecule has 0 rings (SSSR count). The van der Waals surface area contributed by atoms with Gasteiger partial charge in [0.25, 0.3) is 0 Å². The molecular formula is C4H10N2O. The van der Waals surface area contributed by atoms with Crippen LogP contribution < -0.4 is 0 Å². The van der Waals surface area contributed by atoms with E-state index >= 15 is 0 Å². The van der Waals surface area contributed by atoms with Gasteiger partial charge in [0.05, 0.1) is 0 Å². The highest BCUT2D eigenvalue weighted by molar-refractivity contribution is 4.38. The summed E-state index contributed by atoms with van der Waals surface area (Å²) in [5.41, 5.74) is 0. The summed E-state index contributed by atoms with van der Waals surface area (Å²) in [7, 11) is 1.38. The number of hydroxylamine groups is 1. The molecule has 0 fully saturated rings. The second-order valence-electron chi connectivity index (χ2n) is 1.67. The van der Waals surface area contributed by atoms with E-state index in [-0.39, 0.29) is 6.04 Å². The number of nitrogens with zero attached hydrogens (tertiary/aromatic N) is 2. The van der Waals surface area contributed by atoms with E-state index in [1.54, 1.807) is 0 Å². The van der Waals surface area contributed by atoms with Gasteiger partial charge in [0.2, 0.25) is 0 Å². The van der Waals surface area contributed by atoms with Crippen molar-refractivity contribution in [2.45, 2.75) is 19.9 Å². The number of rotatable bonds is 1. The number of hydrogen-bond donors (Lipinski definition) is 0. The van der Waals surface area contributed by atoms with E-state index in [1.807, 2.05) is 13.8 Å². The molecule has 0 atom stereocenters. The van der Waals surface area contributed by atoms with E-state index in [1.165, 1.54) is 7.05 Å². The second-order valence-corrected chi connectivity index (χ2v) is 1.67. The molecule has 0 saturated heterocycles. The Hall–Kier alpha value is -0.600. The van der Waals surface area contributed by atoms with E-state index in [2.05, 4.69) is 5.11 Å². The summed E-state index contributed by atoms with van der Waals surface area (Å²) < 4.78 is 0. The first-order valence-electron chi connectivity index (χ1n) is 2.24. The maximum absolute atomic E-state index is 10.0. The lowest BCUT2D eigenvalue weighted by molar-refractivity contribution is -0.502. The van der Waals surface area contributed by atoms with Gasteiger partial charge in [0.1, 0.15) is 6.04 Å². The van der Waals surface area contributed by atoms with Gasteiger partial charge in [-0.1, -0.05) is 0 Å². The fourth-order valence-corrected chi connectivity index (χ4v) is 0.325. The Kier molecular flexibility index (Phi) is 2.33. The molecular weight excluding hydrogens is 92.1 g/mol. The maximum atomic E-state index is 10.0. The molecule has 0 heterocycles. The highest BCUT2D eigenvalue weighted by Gasteiger charge is 1.88. The van der Waals surface area contributed by atoms with Crippen LogP contribution in [0.4, 0.5) is 0 Å². The maximum Gasteiger partial charge on any atom is 0.171 e. The van der Waals surface area contributed by atoms with Gasteiger partial charge in [-0.05, 0) is 19.0 Å². The van der Waals surface area contributed by atoms with Crippen molar-refractivity contribution in [3.8, 4) is 0 Å². The van der Waals surface area contributed by atoms with Crippen LogP contribution >= 0.6 is 0 Å². The van der Waals surface area contributed by atoms with Crippen LogP contribution in [0, 0.1) is 5.21 Å². The molecule has 42 valence electrons. The molecule has 0 aromatic carbocycles. The van der Waals surface area contributed by atoms with Crippen LogP contribution in [0.3, 0.4) is 0 Å². The average molecular weight is 102 g/mol. The van der Waals surface area contributed by atoms with Crippen LogP contribution in [0.1, 0.15) is 13.8 Å². The minimum atomic E-state index is 0.113. The molecule has 0 N–H and O–H groups in total. The molecule has 0 radical (unpaired) electrons. The highest BCUT2D eigenvalue weighted by Crippen LogP contribution is 1.83. The van der Waals surface area contributed by atoms with Crippen molar-refractivity contribution in [3.63, 3.8) is 0 Å². The summed E-state index contributed by atoms with van der Waals surface area (Å²) in [6.07, 6.45) is 0. The van der Waals surface area contributed by atoms with Gasteiger partial charge in [-0.3, -0.25) is 0 Å². The monoisotopic (exact) mass is 102 g/mol. The first kappa shape index (κ1) is 6.40. The molecule has 0 aromatic rings. The lowest BCUT2D eigenvalue weighted by Crippen LogP contribution is -1.96. The summed E-state index contributed by atoms with van der Waals surface area (Å²) in [4.78, 5) is 0.574. The van der Waals surface area contributed by atoms with E-state index in [9.17, 15) is 5.21 Å². The van der Waals surface area contributed by atoms with Crippen LogP contribution in [0.2, 0.25) is 0 Å². The summed E-state index contributed by atoms with van der Waals surface area (Å²) in [6.45, 7) is 3.71. The highest BCUT2D eigenvalue weighted by atomic mass is 16.5. The first-order valence-corrected chi connectivity index (χ1v) is 2.24. The smallest absolute Gasteiger partial charge is 0.171 e. The fourth-order valence-electron chi connectivity index (χ4n) is 0.325. The molecule has 0 aliphatic heterocycles. The summed E-state index contributed by atoms with van der Waals surface area (Å²) >= 11 is 0. The summed E-state index contributed by atoms with van der Waals surface area (Å²) in [6, 6.07) is 0.113. The van der Waals surface area contributed by atoms with Crippen LogP contribution in [0.15, 0.2) is 5.11 Å². The average Bonchev–Trinajstić information content (AvgIpc) is 1.27. The van der Waals surface area contributed by atoms with Gasteiger partial charge in [0.15, 0.2) is 7.05 Å². The van der Waals surface area contributed by atoms with Crippen LogP contribution in [0.5, 0.6) is 0 Å². The normalized spacial score (nSPS) is 12.9. The molecule has 0 saturated carbocycles. The quantitative estimate of drug-likeness (QED) is 0.276. The van der Waals surface area contributed by atoms with Crippen molar-refractivity contribution < 1.29 is 4.86 Å². The second kappa shape index (κ2) is 2.55. The van der Waals surface area contributed by atoms with Gasteiger partial charge in [0, 0.05) is 0 Å². The Morgan fingerprint density at radius 1 is 1.57 bits per heavy atom. The van der Waals surface area contributed by atoms with E-state index in [0.717, 1.165) is 0 Å². The molecule has 0 unspecified atom stereocenters. The third-order valence-corrected chi connectivity index (χ3v) is 0.394. The standard InChI is InChI=1S/C4H10N2O/c1-4(2)5-6(3)7/h4H,1-3H3. The molecule has 0 spiro atoms. The molecule has 0 aliphatic carbocycles. The van der Waals surface area contributed by atoms with Crippen molar-refractivity contribution in [2.75, 3.05) is 7.05 Å². The van der Waals surface area contributed by atoms with E-state index in [0.29, 0.717) is 4.86 Å². The predicted molar refractivity (Wildman–Crippen MR) is 27.1 cm³/mol. The van der Waals surface area contributed by atoms with Crippen LogP contribution in [0.25, 0.3) is 0 Å². The zero-order chi connectivity index (χ0) is 5.86. The van der Waals surface area contributed by atoms with Gasteiger partial charge in [-0.15, -0.1) is 4.86 Å². The Bertz CT molecular complexity index is 73.8. The molecule has 3 heteroatoms. The van der Waals surface area contributed by atoms with E-state index in [4.69, 9.17) is 0 Å². The van der Waals surface area contributed by atoms with Gasteiger partial charge < -0.3 is 5.21 Å². The Morgan fingerprint density at radius 3 is 2.00 bits per heavy atom. The molecule has 3 nitrogen and oxygen atoms in total. The minimum Gasteiger partial charge on any atom is -0.600 e. The zero-order valence-corrected chi connectivity index (χ0v) is 4.88. The zero-order valence-electron chi connectivity index (χ0n) is 4.88. The Labute approximate surface area is 43.2 Å². The number of hydrogen-bond acceptors (Lipinski definition) is 2. The first-order chi connectivity index (χ1) is 3.13. The minimum absolute atomic E-state index is 0.113. The van der Waals surface area contributed by atoms with Gasteiger partial charge >= 0.3 is 0 Å². The summed E-state index contributed by atoms with van der Waals surface area (Å²) in [5.74, 6) is 0. The van der Waals surface area contributed by atoms with Gasteiger partial charge in [-0.2, -0.15) is 0 Å². The number of azo groups is 1.